The second-order valence-electron chi connectivity index (χ2n) is 13.0. The van der Waals surface area contributed by atoms with E-state index < -0.39 is 0 Å². The van der Waals surface area contributed by atoms with Crippen molar-refractivity contribution in [2.75, 3.05) is 0 Å². The highest BCUT2D eigenvalue weighted by atomic mass is 15.1. The number of imidazole rings is 1. The minimum atomic E-state index is 0.941. The molecule has 11 aromatic rings. The van der Waals surface area contributed by atoms with Gasteiger partial charge >= 0.3 is 0 Å². The SMILES string of the molecule is c1ccc(-c2nc3ccccc3n2-c2ccc(-c3ccc4ccc5c6c(ccc3c46)cc3c5c4ncccc4n3-c3ccccc3)cc2)cc1. The molecule has 4 heteroatoms. The number of benzene rings is 8. The summed E-state index contributed by atoms with van der Waals surface area (Å²) in [6.07, 6.45) is 1.91. The van der Waals surface area contributed by atoms with Crippen molar-refractivity contribution in [2.24, 2.45) is 0 Å². The molecular weight excluding hydrogens is 609 g/mol. The first-order valence-electron chi connectivity index (χ1n) is 17.0. The molecule has 0 spiro atoms. The van der Waals surface area contributed by atoms with Gasteiger partial charge < -0.3 is 4.57 Å². The number of fused-ring (bicyclic) bond motifs is 5. The third-order valence-electron chi connectivity index (χ3n) is 10.3. The Balaban J connectivity index is 1.12. The fourth-order valence-corrected chi connectivity index (χ4v) is 8.15. The van der Waals surface area contributed by atoms with E-state index in [1.165, 1.54) is 54.3 Å². The summed E-state index contributed by atoms with van der Waals surface area (Å²) in [5.74, 6) is 0.941. The summed E-state index contributed by atoms with van der Waals surface area (Å²) < 4.78 is 4.62. The molecule has 0 aliphatic heterocycles. The van der Waals surface area contributed by atoms with Crippen LogP contribution >= 0.6 is 0 Å². The van der Waals surface area contributed by atoms with E-state index in [2.05, 4.69) is 155 Å². The average Bonchev–Trinajstić information content (AvgIpc) is 3.74. The van der Waals surface area contributed by atoms with Gasteiger partial charge in [0.1, 0.15) is 5.82 Å². The highest BCUT2D eigenvalue weighted by molar-refractivity contribution is 6.33. The maximum atomic E-state index is 5.04. The van der Waals surface area contributed by atoms with Gasteiger partial charge in [0.05, 0.1) is 27.6 Å². The number of rotatable bonds is 4. The first kappa shape index (κ1) is 27.2. The number of aromatic nitrogens is 4. The van der Waals surface area contributed by atoms with Crippen molar-refractivity contribution in [1.82, 2.24) is 19.1 Å². The van der Waals surface area contributed by atoms with Gasteiger partial charge in [0.15, 0.2) is 0 Å². The second-order valence-corrected chi connectivity index (χ2v) is 13.0. The van der Waals surface area contributed by atoms with Crippen molar-refractivity contribution in [3.8, 4) is 33.9 Å². The Hall–Kier alpha value is -6.78. The van der Waals surface area contributed by atoms with Gasteiger partial charge in [-0.25, -0.2) is 4.98 Å². The lowest BCUT2D eigenvalue weighted by molar-refractivity contribution is 1.10. The normalized spacial score (nSPS) is 12.0. The molecule has 0 aliphatic carbocycles. The largest absolute Gasteiger partial charge is 0.308 e. The third kappa shape index (κ3) is 3.81. The van der Waals surface area contributed by atoms with E-state index in [0.29, 0.717) is 0 Å². The number of hydrogen-bond acceptors (Lipinski definition) is 2. The quantitative estimate of drug-likeness (QED) is 0.180. The second kappa shape index (κ2) is 10.4. The van der Waals surface area contributed by atoms with Crippen molar-refractivity contribution in [1.29, 1.82) is 0 Å². The summed E-state index contributed by atoms with van der Waals surface area (Å²) in [5.41, 5.74) is 11.1. The molecule has 0 bridgehead atoms. The van der Waals surface area contributed by atoms with Crippen LogP contribution in [0.3, 0.4) is 0 Å². The molecule has 4 nitrogen and oxygen atoms in total. The first-order valence-corrected chi connectivity index (χ1v) is 17.0. The average molecular weight is 637 g/mol. The molecule has 50 heavy (non-hydrogen) atoms. The van der Waals surface area contributed by atoms with E-state index in [1.54, 1.807) is 0 Å². The molecule has 232 valence electrons. The van der Waals surface area contributed by atoms with Crippen LogP contribution in [-0.2, 0) is 0 Å². The molecule has 0 saturated carbocycles. The lowest BCUT2D eigenvalue weighted by Crippen LogP contribution is -1.97. The topological polar surface area (TPSA) is 35.6 Å². The van der Waals surface area contributed by atoms with Crippen LogP contribution in [0.1, 0.15) is 0 Å². The zero-order valence-corrected chi connectivity index (χ0v) is 27.0. The highest BCUT2D eigenvalue weighted by Crippen LogP contribution is 2.44. The zero-order valence-electron chi connectivity index (χ0n) is 27.0. The van der Waals surface area contributed by atoms with Gasteiger partial charge in [-0.2, -0.15) is 0 Å². The van der Waals surface area contributed by atoms with Crippen LogP contribution in [0.15, 0.2) is 170 Å². The van der Waals surface area contributed by atoms with Crippen molar-refractivity contribution in [3.63, 3.8) is 0 Å². The van der Waals surface area contributed by atoms with Crippen LogP contribution in [0, 0.1) is 0 Å². The Morgan fingerprint density at radius 3 is 1.96 bits per heavy atom. The predicted octanol–water partition coefficient (Wildman–Crippen LogP) is 11.7. The summed E-state index contributed by atoms with van der Waals surface area (Å²) in [4.78, 5) is 9.99. The number of pyridine rings is 1. The van der Waals surface area contributed by atoms with E-state index in [1.807, 2.05) is 24.4 Å². The van der Waals surface area contributed by atoms with Gasteiger partial charge in [-0.15, -0.1) is 0 Å². The van der Waals surface area contributed by atoms with Crippen LogP contribution in [-0.4, -0.2) is 19.1 Å². The lowest BCUT2D eigenvalue weighted by Gasteiger charge is -2.16. The van der Waals surface area contributed by atoms with Crippen LogP contribution in [0.5, 0.6) is 0 Å². The summed E-state index contributed by atoms with van der Waals surface area (Å²) >= 11 is 0. The molecule has 11 rings (SSSR count). The smallest absolute Gasteiger partial charge is 0.145 e. The fraction of sp³-hybridized carbons (Fsp3) is 0. The molecule has 0 N–H and O–H groups in total. The summed E-state index contributed by atoms with van der Waals surface area (Å²) in [7, 11) is 0. The Labute approximate surface area is 287 Å². The van der Waals surface area contributed by atoms with Crippen LogP contribution in [0.2, 0.25) is 0 Å². The van der Waals surface area contributed by atoms with Gasteiger partial charge in [0.25, 0.3) is 0 Å². The molecule has 0 aliphatic rings. The summed E-state index contributed by atoms with van der Waals surface area (Å²) in [6.45, 7) is 0. The van der Waals surface area contributed by atoms with E-state index in [0.717, 1.165) is 44.8 Å². The molecule has 0 radical (unpaired) electrons. The third-order valence-corrected chi connectivity index (χ3v) is 10.3. The first-order chi connectivity index (χ1) is 24.8. The zero-order chi connectivity index (χ0) is 32.8. The standard InChI is InChI=1S/C46H28N4/c1-3-10-31(11-4-1)46-48-38-14-7-8-15-39(38)50(46)34-22-17-29(18-23-34)35-24-19-30-20-26-37-43-32(21-25-36(35)42(30)43)28-41-44(37)45-40(16-9-27-47-45)49(41)33-12-5-2-6-13-33/h1-28H. The number of para-hydroxylation sites is 3. The van der Waals surface area contributed by atoms with Crippen molar-refractivity contribution in [2.45, 2.75) is 0 Å². The van der Waals surface area contributed by atoms with E-state index in [-0.39, 0.29) is 0 Å². The van der Waals surface area contributed by atoms with Crippen molar-refractivity contribution < 1.29 is 0 Å². The summed E-state index contributed by atoms with van der Waals surface area (Å²) in [6, 6.07) is 58.6. The number of nitrogens with zero attached hydrogens (tertiary/aromatic N) is 4. The van der Waals surface area contributed by atoms with Crippen LogP contribution in [0.25, 0.3) is 99.2 Å². The number of hydrogen-bond donors (Lipinski definition) is 0. The van der Waals surface area contributed by atoms with Gasteiger partial charge in [-0.1, -0.05) is 109 Å². The van der Waals surface area contributed by atoms with Gasteiger partial charge in [0, 0.05) is 28.5 Å². The van der Waals surface area contributed by atoms with Crippen molar-refractivity contribution in [3.05, 3.63) is 170 Å². The monoisotopic (exact) mass is 636 g/mol. The molecule has 0 atom stereocenters. The molecule has 8 aromatic carbocycles. The van der Waals surface area contributed by atoms with Crippen LogP contribution < -0.4 is 0 Å². The van der Waals surface area contributed by atoms with Gasteiger partial charge in [-0.3, -0.25) is 9.55 Å². The molecular formula is C46H28N4. The van der Waals surface area contributed by atoms with E-state index >= 15 is 0 Å². The molecule has 0 fully saturated rings. The van der Waals surface area contributed by atoms with E-state index in [9.17, 15) is 0 Å². The minimum Gasteiger partial charge on any atom is -0.308 e. The highest BCUT2D eigenvalue weighted by Gasteiger charge is 2.20. The Bertz CT molecular complexity index is 3060. The van der Waals surface area contributed by atoms with Gasteiger partial charge in [0.2, 0.25) is 0 Å². The summed E-state index contributed by atoms with van der Waals surface area (Å²) in [5, 5.41) is 8.76. The molecule has 0 unspecified atom stereocenters. The Morgan fingerprint density at radius 2 is 1.10 bits per heavy atom. The fourth-order valence-electron chi connectivity index (χ4n) is 8.15. The minimum absolute atomic E-state index is 0.941. The van der Waals surface area contributed by atoms with Crippen LogP contribution in [0.4, 0.5) is 0 Å². The maximum Gasteiger partial charge on any atom is 0.145 e. The molecule has 3 aromatic heterocycles. The van der Waals surface area contributed by atoms with Crippen molar-refractivity contribution >= 4 is 65.3 Å². The van der Waals surface area contributed by atoms with Gasteiger partial charge in [-0.05, 0) is 98.0 Å². The molecule has 0 amide bonds. The van der Waals surface area contributed by atoms with E-state index in [4.69, 9.17) is 9.97 Å². The maximum absolute atomic E-state index is 5.04. The Morgan fingerprint density at radius 1 is 0.420 bits per heavy atom. The Kier molecular flexibility index (Phi) is 5.63. The lowest BCUT2D eigenvalue weighted by atomic mass is 9.88. The molecule has 0 saturated heterocycles. The molecule has 3 heterocycles. The predicted molar refractivity (Wildman–Crippen MR) is 208 cm³/mol.